The molecular formula is C10H17O. The van der Waals surface area contributed by atoms with Gasteiger partial charge in [-0.05, 0) is 19.8 Å². The normalized spacial score (nSPS) is 8.91. The summed E-state index contributed by atoms with van der Waals surface area (Å²) >= 11 is 0. The number of unbranched alkanes of at least 4 members (excludes halogenated alkanes) is 3. The Morgan fingerprint density at radius 1 is 1.18 bits per heavy atom. The molecule has 63 valence electrons. The van der Waals surface area contributed by atoms with E-state index in [-0.39, 0.29) is 0 Å². The summed E-state index contributed by atoms with van der Waals surface area (Å²) in [7, 11) is 1.74. The number of ether oxygens (including phenoxy) is 1. The van der Waals surface area contributed by atoms with Crippen molar-refractivity contribution in [2.45, 2.75) is 32.1 Å². The zero-order valence-corrected chi connectivity index (χ0v) is 7.36. The van der Waals surface area contributed by atoms with E-state index in [9.17, 15) is 0 Å². The predicted octanol–water partition coefficient (Wildman–Crippen LogP) is 2.42. The van der Waals surface area contributed by atoms with Crippen molar-refractivity contribution in [2.75, 3.05) is 13.7 Å². The smallest absolute Gasteiger partial charge is 0.0462 e. The first-order valence-corrected chi connectivity index (χ1v) is 4.15. The van der Waals surface area contributed by atoms with Crippen LogP contribution in [0.3, 0.4) is 0 Å². The van der Waals surface area contributed by atoms with Gasteiger partial charge in [-0.15, -0.1) is 11.8 Å². The molecule has 0 aliphatic rings. The average Bonchev–Trinajstić information content (AvgIpc) is 2.03. The molecule has 1 radical (unpaired) electrons. The summed E-state index contributed by atoms with van der Waals surface area (Å²) < 4.78 is 4.92. The summed E-state index contributed by atoms with van der Waals surface area (Å²) in [5, 5.41) is 0. The first-order valence-electron chi connectivity index (χ1n) is 4.15. The fourth-order valence-electron chi connectivity index (χ4n) is 0.813. The van der Waals surface area contributed by atoms with Crippen LogP contribution >= 0.6 is 0 Å². The van der Waals surface area contributed by atoms with Crippen molar-refractivity contribution in [3.05, 3.63) is 6.92 Å². The highest BCUT2D eigenvalue weighted by Gasteiger charge is 1.85. The Morgan fingerprint density at radius 3 is 2.64 bits per heavy atom. The van der Waals surface area contributed by atoms with E-state index >= 15 is 0 Å². The molecule has 0 saturated carbocycles. The topological polar surface area (TPSA) is 9.23 Å². The molecule has 0 N–H and O–H groups in total. The molecular weight excluding hydrogens is 136 g/mol. The Morgan fingerprint density at radius 2 is 2.00 bits per heavy atom. The Hall–Kier alpha value is -0.480. The lowest BCUT2D eigenvalue weighted by molar-refractivity contribution is 0.192. The molecule has 0 rings (SSSR count). The van der Waals surface area contributed by atoms with Crippen molar-refractivity contribution >= 4 is 0 Å². The monoisotopic (exact) mass is 153 g/mol. The number of methoxy groups -OCH3 is 1. The van der Waals surface area contributed by atoms with Gasteiger partial charge in [-0.2, -0.15) is 0 Å². The van der Waals surface area contributed by atoms with E-state index in [4.69, 9.17) is 4.74 Å². The summed E-state index contributed by atoms with van der Waals surface area (Å²) in [6.07, 6.45) is 5.32. The molecule has 0 aliphatic carbocycles. The van der Waals surface area contributed by atoms with E-state index in [2.05, 4.69) is 18.8 Å². The fraction of sp³-hybridized carbons (Fsp3) is 0.700. The van der Waals surface area contributed by atoms with Crippen LogP contribution in [0.2, 0.25) is 0 Å². The lowest BCUT2D eigenvalue weighted by atomic mass is 10.2. The fourth-order valence-corrected chi connectivity index (χ4v) is 0.813. The number of hydrogen-bond acceptors (Lipinski definition) is 1. The molecule has 0 aromatic heterocycles. The number of rotatable bonds is 5. The zero-order chi connectivity index (χ0) is 8.36. The van der Waals surface area contributed by atoms with Crippen LogP contribution in [0.25, 0.3) is 0 Å². The summed E-state index contributed by atoms with van der Waals surface area (Å²) in [5.41, 5.74) is 0. The van der Waals surface area contributed by atoms with Crippen LogP contribution in [-0.4, -0.2) is 13.7 Å². The van der Waals surface area contributed by atoms with Crippen LogP contribution in [0.1, 0.15) is 32.1 Å². The maximum atomic E-state index is 4.92. The Kier molecular flexibility index (Phi) is 9.10. The number of hydrogen-bond donors (Lipinski definition) is 0. The molecule has 1 heteroatoms. The van der Waals surface area contributed by atoms with Gasteiger partial charge in [-0.1, -0.05) is 6.42 Å². The van der Waals surface area contributed by atoms with Crippen molar-refractivity contribution in [3.63, 3.8) is 0 Å². The quantitative estimate of drug-likeness (QED) is 0.435. The van der Waals surface area contributed by atoms with Crippen molar-refractivity contribution in [3.8, 4) is 11.8 Å². The van der Waals surface area contributed by atoms with Crippen LogP contribution in [0.4, 0.5) is 0 Å². The summed E-state index contributed by atoms with van der Waals surface area (Å²) in [4.78, 5) is 0. The maximum Gasteiger partial charge on any atom is 0.0462 e. The van der Waals surface area contributed by atoms with Crippen LogP contribution in [-0.2, 0) is 4.74 Å². The predicted molar refractivity (Wildman–Crippen MR) is 48.1 cm³/mol. The van der Waals surface area contributed by atoms with E-state index in [1.807, 2.05) is 0 Å². The van der Waals surface area contributed by atoms with Crippen LogP contribution in [0, 0.1) is 18.8 Å². The molecule has 11 heavy (non-hydrogen) atoms. The summed E-state index contributed by atoms with van der Waals surface area (Å²) in [6, 6.07) is 0. The second kappa shape index (κ2) is 9.52. The third-order valence-corrected chi connectivity index (χ3v) is 1.40. The van der Waals surface area contributed by atoms with E-state index < -0.39 is 0 Å². The first kappa shape index (κ1) is 10.5. The van der Waals surface area contributed by atoms with Gasteiger partial charge in [-0.25, -0.2) is 0 Å². The lowest BCUT2D eigenvalue weighted by Crippen LogP contribution is -1.87. The lowest BCUT2D eigenvalue weighted by Gasteiger charge is -1.95. The molecule has 0 atom stereocenters. The van der Waals surface area contributed by atoms with Gasteiger partial charge in [-0.3, -0.25) is 0 Å². The molecule has 0 amide bonds. The molecule has 0 bridgehead atoms. The molecule has 0 saturated heterocycles. The first-order chi connectivity index (χ1) is 5.41. The van der Waals surface area contributed by atoms with E-state index in [0.717, 1.165) is 25.9 Å². The summed E-state index contributed by atoms with van der Waals surface area (Å²) in [5.74, 6) is 6.01. The van der Waals surface area contributed by atoms with Gasteiger partial charge < -0.3 is 4.74 Å². The van der Waals surface area contributed by atoms with Gasteiger partial charge in [0.1, 0.15) is 0 Å². The van der Waals surface area contributed by atoms with Gasteiger partial charge >= 0.3 is 0 Å². The molecule has 0 aliphatic heterocycles. The third kappa shape index (κ3) is 9.52. The Bertz CT molecular complexity index is 119. The Balaban J connectivity index is 2.90. The molecule has 0 heterocycles. The van der Waals surface area contributed by atoms with Gasteiger partial charge in [0.05, 0.1) is 0 Å². The van der Waals surface area contributed by atoms with E-state index in [0.29, 0.717) is 0 Å². The highest BCUT2D eigenvalue weighted by molar-refractivity contribution is 4.98. The van der Waals surface area contributed by atoms with E-state index in [1.54, 1.807) is 7.11 Å². The van der Waals surface area contributed by atoms with Gasteiger partial charge in [0, 0.05) is 26.6 Å². The minimum absolute atomic E-state index is 0.734. The van der Waals surface area contributed by atoms with Crippen molar-refractivity contribution in [1.82, 2.24) is 0 Å². The molecule has 0 aromatic rings. The Labute approximate surface area is 70.1 Å². The van der Waals surface area contributed by atoms with Crippen LogP contribution in [0.15, 0.2) is 0 Å². The largest absolute Gasteiger partial charge is 0.385 e. The molecule has 0 unspecified atom stereocenters. The third-order valence-electron chi connectivity index (χ3n) is 1.40. The van der Waals surface area contributed by atoms with Gasteiger partial charge in [0.15, 0.2) is 0 Å². The highest BCUT2D eigenvalue weighted by atomic mass is 16.5. The molecule has 0 aromatic carbocycles. The average molecular weight is 153 g/mol. The second-order valence-electron chi connectivity index (χ2n) is 2.41. The standard InChI is InChI=1S/C10H17O/c1-3-4-5-6-7-8-9-10-11-2/h1,3,6-10H2,2H3. The molecule has 0 spiro atoms. The van der Waals surface area contributed by atoms with Crippen molar-refractivity contribution < 1.29 is 4.74 Å². The molecule has 1 nitrogen and oxygen atoms in total. The SMILES string of the molecule is [CH2]CC#CCCCCCOC. The van der Waals surface area contributed by atoms with Crippen molar-refractivity contribution in [1.29, 1.82) is 0 Å². The minimum Gasteiger partial charge on any atom is -0.385 e. The minimum atomic E-state index is 0.734. The van der Waals surface area contributed by atoms with Gasteiger partial charge in [0.25, 0.3) is 0 Å². The highest BCUT2D eigenvalue weighted by Crippen LogP contribution is 1.98. The van der Waals surface area contributed by atoms with Crippen LogP contribution in [0.5, 0.6) is 0 Å². The van der Waals surface area contributed by atoms with E-state index in [1.165, 1.54) is 12.8 Å². The van der Waals surface area contributed by atoms with Crippen molar-refractivity contribution in [2.24, 2.45) is 0 Å². The second-order valence-corrected chi connectivity index (χ2v) is 2.41. The van der Waals surface area contributed by atoms with Crippen LogP contribution < -0.4 is 0 Å². The maximum absolute atomic E-state index is 4.92. The van der Waals surface area contributed by atoms with Gasteiger partial charge in [0.2, 0.25) is 0 Å². The summed E-state index contributed by atoms with van der Waals surface area (Å²) in [6.45, 7) is 4.52. The molecule has 0 fully saturated rings. The zero-order valence-electron chi connectivity index (χ0n) is 7.36.